The normalized spacial score (nSPS) is 21.7. The number of ether oxygens (including phenoxy) is 1. The summed E-state index contributed by atoms with van der Waals surface area (Å²) >= 11 is 0. The maximum atomic E-state index is 12.5. The molecule has 0 spiro atoms. The summed E-state index contributed by atoms with van der Waals surface area (Å²) in [6.45, 7) is 3.27. The minimum atomic E-state index is 0.0675. The van der Waals surface area contributed by atoms with Crippen molar-refractivity contribution in [3.8, 4) is 0 Å². The van der Waals surface area contributed by atoms with Gasteiger partial charge in [0.25, 0.3) is 0 Å². The fraction of sp³-hybridized carbons (Fsp3) is 0.800. The van der Waals surface area contributed by atoms with Crippen molar-refractivity contribution < 1.29 is 18.8 Å². The molecule has 154 valence electrons. The molecule has 8 nitrogen and oxygen atoms in total. The number of amides is 2. The van der Waals surface area contributed by atoms with Crippen LogP contribution in [-0.2, 0) is 20.7 Å². The molecular formula is C20H30N4O4. The van der Waals surface area contributed by atoms with Gasteiger partial charge in [-0.1, -0.05) is 18.0 Å². The number of nitrogens with zero attached hydrogens (tertiary/aromatic N) is 4. The summed E-state index contributed by atoms with van der Waals surface area (Å²) in [5.74, 6) is 2.15. The van der Waals surface area contributed by atoms with Gasteiger partial charge in [-0.2, -0.15) is 4.98 Å². The fourth-order valence-electron chi connectivity index (χ4n) is 4.41. The summed E-state index contributed by atoms with van der Waals surface area (Å²) in [5.41, 5.74) is 0. The van der Waals surface area contributed by atoms with E-state index in [2.05, 4.69) is 10.1 Å². The van der Waals surface area contributed by atoms with Crippen LogP contribution in [0, 0.1) is 11.8 Å². The summed E-state index contributed by atoms with van der Waals surface area (Å²) < 4.78 is 10.7. The monoisotopic (exact) mass is 390 g/mol. The molecule has 28 heavy (non-hydrogen) atoms. The van der Waals surface area contributed by atoms with Crippen LogP contribution in [-0.4, -0.2) is 71.7 Å². The first-order valence-corrected chi connectivity index (χ1v) is 10.6. The van der Waals surface area contributed by atoms with Gasteiger partial charge in [-0.05, 0) is 25.7 Å². The highest BCUT2D eigenvalue weighted by atomic mass is 16.5. The first-order chi connectivity index (χ1) is 13.6. The average molecular weight is 390 g/mol. The third-order valence-corrected chi connectivity index (χ3v) is 6.35. The van der Waals surface area contributed by atoms with E-state index in [1.807, 2.05) is 11.9 Å². The van der Waals surface area contributed by atoms with Crippen LogP contribution >= 0.6 is 0 Å². The van der Waals surface area contributed by atoms with Crippen molar-refractivity contribution in [1.82, 2.24) is 19.9 Å². The number of carbonyl (C=O) groups excluding carboxylic acids is 2. The molecule has 4 rings (SSSR count). The van der Waals surface area contributed by atoms with Gasteiger partial charge in [0, 0.05) is 58.2 Å². The standard InChI is InChI=1S/C20H30N4O4/c1-23(19(25)15-7-10-27-11-8-15)9-6-17-21-18(28-22-17)16-12-24(13-16)20(26)14-4-2-3-5-14/h14-16H,2-13H2,1H3. The Bertz CT molecular complexity index is 688. The smallest absolute Gasteiger partial charge is 0.233 e. The lowest BCUT2D eigenvalue weighted by atomic mass is 9.96. The largest absolute Gasteiger partial charge is 0.381 e. The second-order valence-electron chi connectivity index (χ2n) is 8.37. The molecule has 3 aliphatic rings. The Morgan fingerprint density at radius 3 is 2.54 bits per heavy atom. The van der Waals surface area contributed by atoms with Crippen molar-refractivity contribution in [3.05, 3.63) is 11.7 Å². The zero-order valence-electron chi connectivity index (χ0n) is 16.6. The van der Waals surface area contributed by atoms with E-state index in [-0.39, 0.29) is 23.7 Å². The SMILES string of the molecule is CN(CCc1noc(C2CN(C(=O)C3CCCC3)C2)n1)C(=O)C1CCOCC1. The van der Waals surface area contributed by atoms with Crippen LogP contribution in [0.3, 0.4) is 0 Å². The van der Waals surface area contributed by atoms with Crippen LogP contribution in [0.4, 0.5) is 0 Å². The molecule has 3 heterocycles. The van der Waals surface area contributed by atoms with Crippen molar-refractivity contribution in [2.24, 2.45) is 11.8 Å². The summed E-state index contributed by atoms with van der Waals surface area (Å²) in [6, 6.07) is 0. The quantitative estimate of drug-likeness (QED) is 0.733. The highest BCUT2D eigenvalue weighted by molar-refractivity contribution is 5.80. The van der Waals surface area contributed by atoms with Crippen molar-refractivity contribution >= 4 is 11.8 Å². The first kappa shape index (κ1) is 19.4. The van der Waals surface area contributed by atoms with Crippen LogP contribution in [0.25, 0.3) is 0 Å². The number of hydrogen-bond acceptors (Lipinski definition) is 6. The first-order valence-electron chi connectivity index (χ1n) is 10.6. The third kappa shape index (κ3) is 4.21. The third-order valence-electron chi connectivity index (χ3n) is 6.35. The van der Waals surface area contributed by atoms with Gasteiger partial charge in [0.1, 0.15) is 0 Å². The second-order valence-corrected chi connectivity index (χ2v) is 8.37. The zero-order chi connectivity index (χ0) is 19.5. The van der Waals surface area contributed by atoms with E-state index in [0.717, 1.165) is 25.7 Å². The second kappa shape index (κ2) is 8.59. The number of aromatic nitrogens is 2. The molecule has 0 aromatic carbocycles. The molecule has 2 saturated heterocycles. The highest BCUT2D eigenvalue weighted by Crippen LogP contribution is 2.32. The maximum Gasteiger partial charge on any atom is 0.233 e. The predicted octanol–water partition coefficient (Wildman–Crippen LogP) is 1.61. The predicted molar refractivity (Wildman–Crippen MR) is 100 cm³/mol. The summed E-state index contributed by atoms with van der Waals surface area (Å²) in [7, 11) is 1.83. The molecule has 0 N–H and O–H groups in total. The van der Waals surface area contributed by atoms with Gasteiger partial charge in [-0.25, -0.2) is 0 Å². The van der Waals surface area contributed by atoms with Crippen LogP contribution in [0.1, 0.15) is 56.2 Å². The van der Waals surface area contributed by atoms with Crippen molar-refractivity contribution in [2.45, 2.75) is 50.9 Å². The molecule has 0 bridgehead atoms. The molecule has 0 atom stereocenters. The summed E-state index contributed by atoms with van der Waals surface area (Å²) in [6.07, 6.45) is 6.58. The van der Waals surface area contributed by atoms with Crippen molar-refractivity contribution in [3.63, 3.8) is 0 Å². The lowest BCUT2D eigenvalue weighted by Crippen LogP contribution is -2.50. The molecule has 1 aromatic rings. The molecular weight excluding hydrogens is 360 g/mol. The maximum absolute atomic E-state index is 12.5. The summed E-state index contributed by atoms with van der Waals surface area (Å²) in [5, 5.41) is 4.06. The minimum absolute atomic E-state index is 0.0675. The molecule has 3 fully saturated rings. The van der Waals surface area contributed by atoms with Gasteiger partial charge in [-0.3, -0.25) is 9.59 Å². The van der Waals surface area contributed by atoms with Gasteiger partial charge >= 0.3 is 0 Å². The van der Waals surface area contributed by atoms with Crippen molar-refractivity contribution in [2.75, 3.05) is 39.9 Å². The molecule has 2 aliphatic heterocycles. The Kier molecular flexibility index (Phi) is 5.94. The van der Waals surface area contributed by atoms with Gasteiger partial charge in [0.2, 0.25) is 17.7 Å². The molecule has 1 aliphatic carbocycles. The average Bonchev–Trinajstić information content (AvgIpc) is 3.37. The van der Waals surface area contributed by atoms with Crippen LogP contribution < -0.4 is 0 Å². The lowest BCUT2D eigenvalue weighted by Gasteiger charge is -2.38. The Morgan fingerprint density at radius 1 is 1.11 bits per heavy atom. The van der Waals surface area contributed by atoms with Gasteiger partial charge < -0.3 is 19.1 Å². The Labute approximate surface area is 165 Å². The molecule has 1 saturated carbocycles. The minimum Gasteiger partial charge on any atom is -0.381 e. The van der Waals surface area contributed by atoms with E-state index in [1.165, 1.54) is 12.8 Å². The van der Waals surface area contributed by atoms with E-state index in [4.69, 9.17) is 9.26 Å². The highest BCUT2D eigenvalue weighted by Gasteiger charge is 2.38. The molecule has 0 unspecified atom stereocenters. The van der Waals surface area contributed by atoms with Crippen LogP contribution in [0.5, 0.6) is 0 Å². The Morgan fingerprint density at radius 2 is 1.82 bits per heavy atom. The van der Waals surface area contributed by atoms with E-state index in [0.29, 0.717) is 56.9 Å². The Balaban J connectivity index is 1.21. The summed E-state index contributed by atoms with van der Waals surface area (Å²) in [4.78, 5) is 33.0. The van der Waals surface area contributed by atoms with E-state index >= 15 is 0 Å². The lowest BCUT2D eigenvalue weighted by molar-refractivity contribution is -0.140. The Hall–Kier alpha value is -1.96. The number of likely N-dealkylation sites (N-methyl/N-ethyl adjacent to an activating group) is 1. The number of likely N-dealkylation sites (tertiary alicyclic amines) is 1. The molecule has 2 amide bonds. The molecule has 1 aromatic heterocycles. The van der Waals surface area contributed by atoms with E-state index in [1.54, 1.807) is 4.90 Å². The number of carbonyl (C=O) groups is 2. The zero-order valence-corrected chi connectivity index (χ0v) is 16.6. The van der Waals surface area contributed by atoms with Crippen LogP contribution in [0.2, 0.25) is 0 Å². The fourth-order valence-corrected chi connectivity index (χ4v) is 4.41. The van der Waals surface area contributed by atoms with Gasteiger partial charge in [0.15, 0.2) is 5.82 Å². The molecule has 8 heteroatoms. The van der Waals surface area contributed by atoms with E-state index < -0.39 is 0 Å². The van der Waals surface area contributed by atoms with Gasteiger partial charge in [0.05, 0.1) is 5.92 Å². The van der Waals surface area contributed by atoms with Crippen LogP contribution in [0.15, 0.2) is 4.52 Å². The molecule has 0 radical (unpaired) electrons. The van der Waals surface area contributed by atoms with E-state index in [9.17, 15) is 9.59 Å². The van der Waals surface area contributed by atoms with Gasteiger partial charge in [-0.15, -0.1) is 0 Å². The topological polar surface area (TPSA) is 88.8 Å². The number of rotatable bonds is 6. The van der Waals surface area contributed by atoms with Crippen molar-refractivity contribution in [1.29, 1.82) is 0 Å². The number of hydrogen-bond donors (Lipinski definition) is 0.